The third-order valence-electron chi connectivity index (χ3n) is 2.84. The topological polar surface area (TPSA) is 123 Å². The Balaban J connectivity index is 3.03. The minimum absolute atomic E-state index is 0.380. The number of anilines is 1. The van der Waals surface area contributed by atoms with Crippen molar-refractivity contribution in [2.24, 2.45) is 11.6 Å². The number of carbonyl (C=O) groups excluding carboxylic acids is 2. The zero-order chi connectivity index (χ0) is 15.3. The van der Waals surface area contributed by atoms with Gasteiger partial charge in [0.05, 0.1) is 0 Å². The lowest BCUT2D eigenvalue weighted by atomic mass is 10.0. The number of hydrogen-bond acceptors (Lipinski definition) is 5. The number of primary amides is 1. The fourth-order valence-electron chi connectivity index (χ4n) is 1.59. The van der Waals surface area contributed by atoms with E-state index in [1.165, 1.54) is 6.07 Å². The highest BCUT2D eigenvalue weighted by atomic mass is 16.2. The SMILES string of the molecule is CCCc1cc(C(=O)NC(C)(C)C(N)=O)cc(NN)n1. The molecule has 0 saturated carbocycles. The van der Waals surface area contributed by atoms with Crippen LogP contribution in [0.1, 0.15) is 43.2 Å². The van der Waals surface area contributed by atoms with Gasteiger partial charge in [0.25, 0.3) is 5.91 Å². The molecule has 0 fully saturated rings. The second-order valence-electron chi connectivity index (χ2n) is 5.07. The van der Waals surface area contributed by atoms with Crippen LogP contribution in [0.4, 0.5) is 5.82 Å². The molecule has 7 nitrogen and oxygen atoms in total. The van der Waals surface area contributed by atoms with Gasteiger partial charge in [0.15, 0.2) is 0 Å². The Morgan fingerprint density at radius 3 is 2.50 bits per heavy atom. The number of carbonyl (C=O) groups is 2. The minimum atomic E-state index is -1.12. The molecule has 0 aliphatic heterocycles. The average molecular weight is 279 g/mol. The van der Waals surface area contributed by atoms with Crippen molar-refractivity contribution in [3.8, 4) is 0 Å². The summed E-state index contributed by atoms with van der Waals surface area (Å²) < 4.78 is 0. The predicted molar refractivity (Wildman–Crippen MR) is 76.8 cm³/mol. The van der Waals surface area contributed by atoms with Gasteiger partial charge in [0.2, 0.25) is 5.91 Å². The Kier molecular flexibility index (Phi) is 5.04. The highest BCUT2D eigenvalue weighted by Gasteiger charge is 2.27. The lowest BCUT2D eigenvalue weighted by molar-refractivity contribution is -0.122. The Bertz CT molecular complexity index is 513. The predicted octanol–water partition coefficient (Wildman–Crippen LogP) is 0.313. The van der Waals surface area contributed by atoms with E-state index in [2.05, 4.69) is 15.7 Å². The van der Waals surface area contributed by atoms with Crippen LogP contribution in [0.5, 0.6) is 0 Å². The molecule has 7 heteroatoms. The molecule has 110 valence electrons. The number of pyridine rings is 1. The van der Waals surface area contributed by atoms with Crippen molar-refractivity contribution in [3.63, 3.8) is 0 Å². The summed E-state index contributed by atoms with van der Waals surface area (Å²) in [6, 6.07) is 3.20. The molecule has 20 heavy (non-hydrogen) atoms. The summed E-state index contributed by atoms with van der Waals surface area (Å²) in [6.45, 7) is 5.10. The van der Waals surface area contributed by atoms with E-state index >= 15 is 0 Å². The van der Waals surface area contributed by atoms with Crippen molar-refractivity contribution in [2.45, 2.75) is 39.2 Å². The second-order valence-corrected chi connectivity index (χ2v) is 5.07. The van der Waals surface area contributed by atoms with Gasteiger partial charge in [-0.2, -0.15) is 0 Å². The number of hydrazine groups is 1. The first-order chi connectivity index (χ1) is 9.30. The van der Waals surface area contributed by atoms with Crippen molar-refractivity contribution in [2.75, 3.05) is 5.43 Å². The van der Waals surface area contributed by atoms with Crippen LogP contribution >= 0.6 is 0 Å². The molecule has 2 amide bonds. The zero-order valence-corrected chi connectivity index (χ0v) is 12.0. The van der Waals surface area contributed by atoms with Crippen LogP contribution in [0.15, 0.2) is 12.1 Å². The molecule has 1 aromatic heterocycles. The first-order valence-electron chi connectivity index (χ1n) is 6.40. The van der Waals surface area contributed by atoms with Crippen LogP contribution in [-0.4, -0.2) is 22.3 Å². The quantitative estimate of drug-likeness (QED) is 0.441. The molecular formula is C13H21N5O2. The molecule has 0 aliphatic rings. The molecule has 1 heterocycles. The van der Waals surface area contributed by atoms with Crippen LogP contribution < -0.4 is 22.3 Å². The molecule has 0 aromatic carbocycles. The largest absolute Gasteiger partial charge is 0.368 e. The van der Waals surface area contributed by atoms with E-state index in [1.54, 1.807) is 19.9 Å². The average Bonchev–Trinajstić information content (AvgIpc) is 2.38. The maximum Gasteiger partial charge on any atom is 0.252 e. The summed E-state index contributed by atoms with van der Waals surface area (Å²) in [5.74, 6) is 4.74. The Morgan fingerprint density at radius 1 is 1.35 bits per heavy atom. The van der Waals surface area contributed by atoms with E-state index in [1.807, 2.05) is 6.92 Å². The number of rotatable bonds is 6. The fourth-order valence-corrected chi connectivity index (χ4v) is 1.59. The number of nitrogens with two attached hydrogens (primary N) is 2. The lowest BCUT2D eigenvalue weighted by Crippen LogP contribution is -2.53. The van der Waals surface area contributed by atoms with E-state index in [-0.39, 0.29) is 0 Å². The molecule has 6 N–H and O–H groups in total. The number of amides is 2. The normalized spacial score (nSPS) is 11.0. The Labute approximate surface area is 118 Å². The molecule has 0 unspecified atom stereocenters. The van der Waals surface area contributed by atoms with E-state index in [4.69, 9.17) is 11.6 Å². The van der Waals surface area contributed by atoms with Gasteiger partial charge < -0.3 is 16.5 Å². The number of nitrogen functional groups attached to an aromatic ring is 1. The summed E-state index contributed by atoms with van der Waals surface area (Å²) in [5, 5.41) is 2.58. The molecular weight excluding hydrogens is 258 g/mol. The molecule has 1 rings (SSSR count). The van der Waals surface area contributed by atoms with Crippen molar-refractivity contribution in [1.29, 1.82) is 0 Å². The highest BCUT2D eigenvalue weighted by molar-refractivity contribution is 5.99. The number of nitrogens with zero attached hydrogens (tertiary/aromatic N) is 1. The van der Waals surface area contributed by atoms with E-state index < -0.39 is 17.4 Å². The first-order valence-corrected chi connectivity index (χ1v) is 6.40. The van der Waals surface area contributed by atoms with Crippen LogP contribution in [-0.2, 0) is 11.2 Å². The van der Waals surface area contributed by atoms with Crippen LogP contribution in [0, 0.1) is 0 Å². The number of nitrogens with one attached hydrogen (secondary N) is 2. The van der Waals surface area contributed by atoms with Gasteiger partial charge in [-0.15, -0.1) is 0 Å². The summed E-state index contributed by atoms with van der Waals surface area (Å²) in [6.07, 6.45) is 1.63. The van der Waals surface area contributed by atoms with Crippen LogP contribution in [0.2, 0.25) is 0 Å². The minimum Gasteiger partial charge on any atom is -0.368 e. The van der Waals surface area contributed by atoms with E-state index in [9.17, 15) is 9.59 Å². The number of hydrogen-bond donors (Lipinski definition) is 4. The van der Waals surface area contributed by atoms with Gasteiger partial charge in [-0.1, -0.05) is 13.3 Å². The molecule has 0 atom stereocenters. The highest BCUT2D eigenvalue weighted by Crippen LogP contribution is 2.13. The number of aryl methyl sites for hydroxylation is 1. The third-order valence-corrected chi connectivity index (χ3v) is 2.84. The van der Waals surface area contributed by atoms with Gasteiger partial charge in [-0.25, -0.2) is 10.8 Å². The van der Waals surface area contributed by atoms with Gasteiger partial charge in [0, 0.05) is 11.3 Å². The maximum atomic E-state index is 12.2. The van der Waals surface area contributed by atoms with Gasteiger partial charge in [-0.05, 0) is 32.4 Å². The van der Waals surface area contributed by atoms with Gasteiger partial charge in [-0.3, -0.25) is 9.59 Å². The molecule has 1 aromatic rings. The number of aromatic nitrogens is 1. The standard InChI is InChI=1S/C13H21N5O2/c1-4-5-9-6-8(7-10(16-9)18-15)11(19)17-13(2,3)12(14)20/h6-7H,4-5,15H2,1-3H3,(H2,14,20)(H,16,18)(H,17,19). The van der Waals surface area contributed by atoms with E-state index in [0.29, 0.717) is 11.4 Å². The molecule has 0 aliphatic carbocycles. The molecule has 0 bridgehead atoms. The molecule has 0 radical (unpaired) electrons. The maximum absolute atomic E-state index is 12.2. The summed E-state index contributed by atoms with van der Waals surface area (Å²) in [5.41, 5.74) is 7.67. The van der Waals surface area contributed by atoms with Crippen molar-refractivity contribution in [3.05, 3.63) is 23.4 Å². The van der Waals surface area contributed by atoms with Crippen molar-refractivity contribution < 1.29 is 9.59 Å². The second kappa shape index (κ2) is 6.33. The summed E-state index contributed by atoms with van der Waals surface area (Å²) >= 11 is 0. The Morgan fingerprint density at radius 2 is 2.00 bits per heavy atom. The first kappa shape index (κ1) is 15.9. The van der Waals surface area contributed by atoms with Crippen LogP contribution in [0.25, 0.3) is 0 Å². The smallest absolute Gasteiger partial charge is 0.252 e. The van der Waals surface area contributed by atoms with Crippen molar-refractivity contribution in [1.82, 2.24) is 10.3 Å². The Hall–Kier alpha value is -2.15. The third kappa shape index (κ3) is 3.92. The molecule has 0 spiro atoms. The van der Waals surface area contributed by atoms with Gasteiger partial charge >= 0.3 is 0 Å². The zero-order valence-electron chi connectivity index (χ0n) is 12.0. The van der Waals surface area contributed by atoms with Gasteiger partial charge in [0.1, 0.15) is 11.4 Å². The summed E-state index contributed by atoms with van der Waals surface area (Å²) in [7, 11) is 0. The molecule has 0 saturated heterocycles. The fraction of sp³-hybridized carbons (Fsp3) is 0.462. The monoisotopic (exact) mass is 279 g/mol. The van der Waals surface area contributed by atoms with E-state index in [0.717, 1.165) is 18.5 Å². The lowest BCUT2D eigenvalue weighted by Gasteiger charge is -2.22. The van der Waals surface area contributed by atoms with Crippen LogP contribution in [0.3, 0.4) is 0 Å². The summed E-state index contributed by atoms with van der Waals surface area (Å²) in [4.78, 5) is 27.7. The van der Waals surface area contributed by atoms with Crippen molar-refractivity contribution >= 4 is 17.6 Å².